The molecule has 0 fully saturated rings. The molecule has 6 aromatic rings. The number of hydrogen-bond donors (Lipinski definition) is 2. The summed E-state index contributed by atoms with van der Waals surface area (Å²) in [5, 5.41) is 17.1. The number of rotatable bonds is 4. The van der Waals surface area contributed by atoms with Gasteiger partial charge in [0, 0.05) is 16.8 Å². The number of fused-ring (bicyclic) bond motifs is 2. The van der Waals surface area contributed by atoms with E-state index in [1.54, 1.807) is 0 Å². The van der Waals surface area contributed by atoms with Crippen molar-refractivity contribution in [3.63, 3.8) is 0 Å². The number of nitrogen functional groups attached to an aromatic ring is 1. The van der Waals surface area contributed by atoms with Gasteiger partial charge in [-0.25, -0.2) is 0 Å². The van der Waals surface area contributed by atoms with E-state index in [0.29, 0.717) is 5.69 Å². The largest absolute Gasteiger partial charge is 0.398 e. The Labute approximate surface area is 204 Å². The Morgan fingerprint density at radius 3 is 1.49 bits per heavy atom. The zero-order valence-corrected chi connectivity index (χ0v) is 19.2. The highest BCUT2D eigenvalue weighted by molar-refractivity contribution is 6.10. The quantitative estimate of drug-likeness (QED) is 0.215. The predicted octanol–water partition coefficient (Wildman–Crippen LogP) is 7.53. The summed E-state index contributed by atoms with van der Waals surface area (Å²) in [6, 6.07) is 44.5. The molecular weight excluding hydrogens is 426 g/mol. The lowest BCUT2D eigenvalue weighted by atomic mass is 9.75. The first-order valence-electron chi connectivity index (χ1n) is 11.8. The predicted molar refractivity (Wildman–Crippen MR) is 146 cm³/mol. The van der Waals surface area contributed by atoms with Crippen LogP contribution >= 0.6 is 0 Å². The Kier molecular flexibility index (Phi) is 5.09. The average molecular weight is 452 g/mol. The van der Waals surface area contributed by atoms with Crippen LogP contribution in [0.25, 0.3) is 32.7 Å². The Hall–Kier alpha value is -4.40. The second kappa shape index (κ2) is 8.43. The van der Waals surface area contributed by atoms with E-state index in [9.17, 15) is 5.11 Å². The molecule has 0 saturated carbocycles. The lowest BCUT2D eigenvalue weighted by Gasteiger charge is -2.33. The van der Waals surface area contributed by atoms with Crippen LogP contribution in [0.1, 0.15) is 16.7 Å². The fraction of sp³-hybridized carbons (Fsp3) is 0.0303. The highest BCUT2D eigenvalue weighted by atomic mass is 16.3. The summed E-state index contributed by atoms with van der Waals surface area (Å²) in [6.07, 6.45) is 0. The van der Waals surface area contributed by atoms with Crippen molar-refractivity contribution in [2.45, 2.75) is 5.60 Å². The Morgan fingerprint density at radius 1 is 0.457 bits per heavy atom. The fourth-order valence-corrected chi connectivity index (χ4v) is 5.25. The fourth-order valence-electron chi connectivity index (χ4n) is 5.25. The van der Waals surface area contributed by atoms with Crippen molar-refractivity contribution < 1.29 is 5.11 Å². The summed E-state index contributed by atoms with van der Waals surface area (Å²) >= 11 is 0. The minimum atomic E-state index is -1.38. The summed E-state index contributed by atoms with van der Waals surface area (Å²) in [5.41, 5.74) is 10.3. The second-order valence-corrected chi connectivity index (χ2v) is 8.90. The van der Waals surface area contributed by atoms with Crippen LogP contribution in [0.2, 0.25) is 0 Å². The van der Waals surface area contributed by atoms with E-state index < -0.39 is 5.60 Å². The van der Waals surface area contributed by atoms with Gasteiger partial charge >= 0.3 is 0 Å². The van der Waals surface area contributed by atoms with E-state index >= 15 is 0 Å². The zero-order chi connectivity index (χ0) is 23.8. The van der Waals surface area contributed by atoms with Crippen LogP contribution < -0.4 is 5.73 Å². The van der Waals surface area contributed by atoms with E-state index in [-0.39, 0.29) is 0 Å². The average Bonchev–Trinajstić information content (AvgIpc) is 2.93. The number of anilines is 1. The molecule has 0 unspecified atom stereocenters. The molecule has 0 saturated heterocycles. The van der Waals surface area contributed by atoms with E-state index in [4.69, 9.17) is 5.73 Å². The molecule has 6 aromatic carbocycles. The van der Waals surface area contributed by atoms with Gasteiger partial charge in [-0.15, -0.1) is 0 Å². The lowest BCUT2D eigenvalue weighted by Crippen LogP contribution is -2.29. The third-order valence-corrected chi connectivity index (χ3v) is 6.91. The molecule has 0 bridgehead atoms. The molecular formula is C33H25NO. The molecule has 0 aliphatic rings. The van der Waals surface area contributed by atoms with Gasteiger partial charge in [0.1, 0.15) is 5.60 Å². The van der Waals surface area contributed by atoms with Crippen molar-refractivity contribution in [3.05, 3.63) is 150 Å². The smallest absolute Gasteiger partial charge is 0.141 e. The summed E-state index contributed by atoms with van der Waals surface area (Å²) in [6.45, 7) is 0. The topological polar surface area (TPSA) is 46.2 Å². The first-order valence-corrected chi connectivity index (χ1v) is 11.8. The zero-order valence-electron chi connectivity index (χ0n) is 19.2. The number of benzene rings is 6. The highest BCUT2D eigenvalue weighted by Crippen LogP contribution is 2.47. The maximum atomic E-state index is 12.7. The molecule has 0 radical (unpaired) electrons. The highest BCUT2D eigenvalue weighted by Gasteiger charge is 2.37. The summed E-state index contributed by atoms with van der Waals surface area (Å²) in [4.78, 5) is 0. The molecule has 35 heavy (non-hydrogen) atoms. The van der Waals surface area contributed by atoms with Crippen molar-refractivity contribution >= 4 is 27.2 Å². The van der Waals surface area contributed by atoms with Crippen LogP contribution in [0.4, 0.5) is 5.69 Å². The first-order chi connectivity index (χ1) is 17.2. The monoisotopic (exact) mass is 451 g/mol. The first kappa shape index (κ1) is 21.2. The van der Waals surface area contributed by atoms with E-state index in [1.165, 1.54) is 0 Å². The summed E-state index contributed by atoms with van der Waals surface area (Å²) in [5.74, 6) is 0. The van der Waals surface area contributed by atoms with E-state index in [2.05, 4.69) is 42.5 Å². The molecule has 0 spiro atoms. The van der Waals surface area contributed by atoms with Crippen molar-refractivity contribution in [1.82, 2.24) is 0 Å². The van der Waals surface area contributed by atoms with Gasteiger partial charge in [0.15, 0.2) is 0 Å². The van der Waals surface area contributed by atoms with Gasteiger partial charge in [0.05, 0.1) is 0 Å². The van der Waals surface area contributed by atoms with Gasteiger partial charge in [-0.3, -0.25) is 0 Å². The molecule has 0 aromatic heterocycles. The van der Waals surface area contributed by atoms with E-state index in [0.717, 1.165) is 49.4 Å². The second-order valence-electron chi connectivity index (χ2n) is 8.90. The summed E-state index contributed by atoms with van der Waals surface area (Å²) < 4.78 is 0. The molecule has 0 heterocycles. The lowest BCUT2D eigenvalue weighted by molar-refractivity contribution is 0.126. The van der Waals surface area contributed by atoms with Crippen molar-refractivity contribution in [2.75, 3.05) is 5.73 Å². The SMILES string of the molecule is Nc1ccc2ccccc2c1-c1c(C(O)(c2ccccc2)c2ccccc2)ccc2ccccc12. The van der Waals surface area contributed by atoms with Gasteiger partial charge in [0.2, 0.25) is 0 Å². The molecule has 2 heteroatoms. The Balaban J connectivity index is 1.81. The number of hydrogen-bond acceptors (Lipinski definition) is 2. The van der Waals surface area contributed by atoms with Gasteiger partial charge < -0.3 is 10.8 Å². The third kappa shape index (κ3) is 3.39. The van der Waals surface area contributed by atoms with Crippen molar-refractivity contribution in [3.8, 4) is 11.1 Å². The van der Waals surface area contributed by atoms with Crippen molar-refractivity contribution in [2.24, 2.45) is 0 Å². The molecule has 2 nitrogen and oxygen atoms in total. The van der Waals surface area contributed by atoms with Crippen LogP contribution in [-0.4, -0.2) is 5.11 Å². The summed E-state index contributed by atoms with van der Waals surface area (Å²) in [7, 11) is 0. The van der Waals surface area contributed by atoms with Crippen molar-refractivity contribution in [1.29, 1.82) is 0 Å². The van der Waals surface area contributed by atoms with Crippen LogP contribution in [-0.2, 0) is 5.60 Å². The molecule has 0 aliphatic heterocycles. The molecule has 6 rings (SSSR count). The Bertz CT molecular complexity index is 1620. The minimum Gasteiger partial charge on any atom is -0.398 e. The van der Waals surface area contributed by atoms with Crippen LogP contribution in [0.15, 0.2) is 133 Å². The number of aliphatic hydroxyl groups is 1. The van der Waals surface area contributed by atoms with Crippen LogP contribution in [0.5, 0.6) is 0 Å². The van der Waals surface area contributed by atoms with Gasteiger partial charge in [-0.1, -0.05) is 127 Å². The number of nitrogens with two attached hydrogens (primary N) is 1. The normalized spacial score (nSPS) is 11.7. The maximum Gasteiger partial charge on any atom is 0.141 e. The van der Waals surface area contributed by atoms with Gasteiger partial charge in [-0.2, -0.15) is 0 Å². The van der Waals surface area contributed by atoms with Crippen LogP contribution in [0, 0.1) is 0 Å². The minimum absolute atomic E-state index is 0.685. The Morgan fingerprint density at radius 2 is 0.914 bits per heavy atom. The van der Waals surface area contributed by atoms with E-state index in [1.807, 2.05) is 91.0 Å². The molecule has 3 N–H and O–H groups in total. The molecule has 0 atom stereocenters. The molecule has 0 amide bonds. The molecule has 0 aliphatic carbocycles. The molecule has 168 valence electrons. The van der Waals surface area contributed by atoms with Gasteiger partial charge in [0.25, 0.3) is 0 Å². The third-order valence-electron chi connectivity index (χ3n) is 6.91. The van der Waals surface area contributed by atoms with Gasteiger partial charge in [-0.05, 0) is 44.3 Å². The maximum absolute atomic E-state index is 12.7. The van der Waals surface area contributed by atoms with Crippen LogP contribution in [0.3, 0.4) is 0 Å². The standard InChI is InChI=1S/C33H25NO/c34-30-22-20-24-12-8-10-18-28(24)32(30)31-27-17-9-7-11-23(27)19-21-29(31)33(35,25-13-3-1-4-14-25)26-15-5-2-6-16-26/h1-22,35H,34H2.